The summed E-state index contributed by atoms with van der Waals surface area (Å²) in [6.07, 6.45) is 5.06. The smallest absolute Gasteiger partial charge is 0.264 e. The first kappa shape index (κ1) is 20.1. The zero-order chi connectivity index (χ0) is 17.0. The minimum Gasteiger partial charge on any atom is -0.420 e. The Bertz CT molecular complexity index is 420. The van der Waals surface area contributed by atoms with Crippen LogP contribution >= 0.6 is 0 Å². The van der Waals surface area contributed by atoms with Gasteiger partial charge in [0.2, 0.25) is 0 Å². The van der Waals surface area contributed by atoms with Crippen molar-refractivity contribution in [3.63, 3.8) is 0 Å². The van der Waals surface area contributed by atoms with E-state index in [0.29, 0.717) is 24.2 Å². The summed E-state index contributed by atoms with van der Waals surface area (Å²) < 4.78 is 36.6. The van der Waals surface area contributed by atoms with Crippen LogP contribution in [-0.2, 0) is 14.5 Å². The molecular weight excluding hydrogens is 316 g/mol. The lowest BCUT2D eigenvalue weighted by molar-refractivity contribution is 0.0606. The maximum atomic E-state index is 10.9. The third-order valence-corrected chi connectivity index (χ3v) is 6.58. The van der Waals surface area contributed by atoms with E-state index in [4.69, 9.17) is 8.98 Å². The first-order valence-corrected chi connectivity index (χ1v) is 12.9. The van der Waals surface area contributed by atoms with Crippen molar-refractivity contribution in [2.24, 2.45) is 23.2 Å². The molecule has 0 radical (unpaired) electrons. The second-order valence-corrected chi connectivity index (χ2v) is 12.2. The van der Waals surface area contributed by atoms with Crippen LogP contribution in [0, 0.1) is 23.2 Å². The molecule has 0 aromatic heterocycles. The van der Waals surface area contributed by atoms with Crippen LogP contribution < -0.4 is 0 Å². The van der Waals surface area contributed by atoms with Gasteiger partial charge in [0, 0.05) is 6.61 Å². The van der Waals surface area contributed by atoms with Crippen LogP contribution in [0.5, 0.6) is 0 Å². The Kier molecular flexibility index (Phi) is 7.56. The summed E-state index contributed by atoms with van der Waals surface area (Å²) in [6.45, 7) is 12.2. The average Bonchev–Trinajstić information content (AvgIpc) is 2.35. The van der Waals surface area contributed by atoms with Crippen molar-refractivity contribution in [1.29, 1.82) is 0 Å². The van der Waals surface area contributed by atoms with Crippen LogP contribution in [0.1, 0.15) is 52.9 Å². The van der Waals surface area contributed by atoms with E-state index in [1.807, 2.05) is 0 Å². The molecule has 1 unspecified atom stereocenters. The van der Waals surface area contributed by atoms with Gasteiger partial charge in [0.1, 0.15) is 0 Å². The van der Waals surface area contributed by atoms with Gasteiger partial charge >= 0.3 is 0 Å². The van der Waals surface area contributed by atoms with Gasteiger partial charge in [0.15, 0.2) is 9.04 Å². The van der Waals surface area contributed by atoms with Gasteiger partial charge in [-0.3, -0.25) is 4.55 Å². The lowest BCUT2D eigenvalue weighted by Crippen LogP contribution is -2.36. The van der Waals surface area contributed by atoms with Gasteiger partial charge in [0.05, 0.1) is 5.75 Å². The van der Waals surface area contributed by atoms with Crippen LogP contribution in [0.3, 0.4) is 0 Å². The summed E-state index contributed by atoms with van der Waals surface area (Å²) in [6, 6.07) is 0. The van der Waals surface area contributed by atoms with Gasteiger partial charge in [-0.05, 0) is 55.5 Å². The van der Waals surface area contributed by atoms with Gasteiger partial charge in [-0.1, -0.05) is 33.6 Å². The summed E-state index contributed by atoms with van der Waals surface area (Å²) in [4.78, 5) is 0. The first-order chi connectivity index (χ1) is 9.99. The van der Waals surface area contributed by atoms with Crippen molar-refractivity contribution in [3.8, 4) is 0 Å². The lowest BCUT2D eigenvalue weighted by atomic mass is 9.67. The number of rotatable bonds is 7. The highest BCUT2D eigenvalue weighted by Crippen LogP contribution is 2.42. The molecule has 1 saturated carbocycles. The minimum atomic E-state index is -3.81. The predicted octanol–water partition coefficient (Wildman–Crippen LogP) is 3.73. The van der Waals surface area contributed by atoms with E-state index in [1.54, 1.807) is 0 Å². The molecule has 0 saturated heterocycles. The SMILES string of the molecule is C[SiH](C)OCC([C@H]1CC[C@H](CCS(=O)(=O)O)CC1)C(C)(C)C. The number of hydrogen-bond acceptors (Lipinski definition) is 3. The van der Waals surface area contributed by atoms with Crippen LogP contribution in [0.15, 0.2) is 0 Å². The monoisotopic (exact) mass is 350 g/mol. The Morgan fingerprint density at radius 2 is 1.73 bits per heavy atom. The third-order valence-electron chi connectivity index (χ3n) is 4.97. The topological polar surface area (TPSA) is 63.6 Å². The van der Waals surface area contributed by atoms with Crippen molar-refractivity contribution < 1.29 is 17.4 Å². The molecule has 22 heavy (non-hydrogen) atoms. The molecule has 1 fully saturated rings. The molecule has 1 atom stereocenters. The average molecular weight is 351 g/mol. The molecule has 0 heterocycles. The van der Waals surface area contributed by atoms with Crippen LogP contribution in [0.25, 0.3) is 0 Å². The molecule has 0 aromatic rings. The molecule has 0 aliphatic heterocycles. The number of hydrogen-bond donors (Lipinski definition) is 1. The second kappa shape index (κ2) is 8.26. The van der Waals surface area contributed by atoms with Crippen molar-refractivity contribution in [3.05, 3.63) is 0 Å². The molecule has 1 aliphatic rings. The molecule has 1 rings (SSSR count). The van der Waals surface area contributed by atoms with Crippen LogP contribution in [-0.4, -0.2) is 34.4 Å². The molecule has 1 aliphatic carbocycles. The van der Waals surface area contributed by atoms with Crippen molar-refractivity contribution in [1.82, 2.24) is 0 Å². The Hall–Kier alpha value is 0.0869. The van der Waals surface area contributed by atoms with Crippen molar-refractivity contribution in [2.45, 2.75) is 66.0 Å². The summed E-state index contributed by atoms with van der Waals surface area (Å²) in [7, 11) is -4.80. The highest BCUT2D eigenvalue weighted by Gasteiger charge is 2.35. The molecule has 0 bridgehead atoms. The largest absolute Gasteiger partial charge is 0.420 e. The fraction of sp³-hybridized carbons (Fsp3) is 1.00. The van der Waals surface area contributed by atoms with Gasteiger partial charge in [-0.15, -0.1) is 0 Å². The third kappa shape index (κ3) is 7.57. The molecule has 0 aromatic carbocycles. The standard InChI is InChI=1S/C16H34O4SSi/c1-16(2,3)15(12-20-22(4)5)14-8-6-13(7-9-14)10-11-21(17,18)19/h13-15,22H,6-12H2,1-5H3,(H,17,18,19)/t13-,14-,15?. The summed E-state index contributed by atoms with van der Waals surface area (Å²) in [5.41, 5.74) is 0.245. The lowest BCUT2D eigenvalue weighted by Gasteiger charge is -2.41. The Morgan fingerprint density at radius 1 is 1.18 bits per heavy atom. The predicted molar refractivity (Wildman–Crippen MR) is 94.3 cm³/mol. The van der Waals surface area contributed by atoms with E-state index in [0.717, 1.165) is 32.3 Å². The Labute approximate surface area is 138 Å². The van der Waals surface area contributed by atoms with Gasteiger partial charge in [-0.2, -0.15) is 8.42 Å². The van der Waals surface area contributed by atoms with Crippen molar-refractivity contribution >= 4 is 19.2 Å². The zero-order valence-corrected chi connectivity index (χ0v) is 16.8. The van der Waals surface area contributed by atoms with Crippen LogP contribution in [0.4, 0.5) is 0 Å². The fourth-order valence-corrected chi connectivity index (χ4v) is 4.81. The first-order valence-electron chi connectivity index (χ1n) is 8.56. The zero-order valence-electron chi connectivity index (χ0n) is 14.8. The molecule has 132 valence electrons. The van der Waals surface area contributed by atoms with Gasteiger partial charge < -0.3 is 4.43 Å². The van der Waals surface area contributed by atoms with E-state index in [-0.39, 0.29) is 11.2 Å². The van der Waals surface area contributed by atoms with E-state index in [1.165, 1.54) is 0 Å². The van der Waals surface area contributed by atoms with E-state index < -0.39 is 19.2 Å². The summed E-state index contributed by atoms with van der Waals surface area (Å²) in [5, 5.41) is 0. The second-order valence-electron chi connectivity index (χ2n) is 8.21. The molecular formula is C16H34O4SSi. The molecule has 0 spiro atoms. The van der Waals surface area contributed by atoms with Gasteiger partial charge in [0.25, 0.3) is 10.1 Å². The molecule has 0 amide bonds. The highest BCUT2D eigenvalue weighted by molar-refractivity contribution is 7.85. The van der Waals surface area contributed by atoms with Crippen LogP contribution in [0.2, 0.25) is 13.1 Å². The molecule has 6 heteroatoms. The fourth-order valence-electron chi connectivity index (χ4n) is 3.58. The summed E-state index contributed by atoms with van der Waals surface area (Å²) in [5.74, 6) is 1.60. The normalized spacial score (nSPS) is 25.4. The highest BCUT2D eigenvalue weighted by atomic mass is 32.2. The van der Waals surface area contributed by atoms with E-state index in [2.05, 4.69) is 33.9 Å². The molecule has 4 nitrogen and oxygen atoms in total. The van der Waals surface area contributed by atoms with Crippen molar-refractivity contribution in [2.75, 3.05) is 12.4 Å². The minimum absolute atomic E-state index is 0.0902. The molecule has 1 N–H and O–H groups in total. The Balaban J connectivity index is 2.52. The Morgan fingerprint density at radius 3 is 2.14 bits per heavy atom. The summed E-state index contributed by atoms with van der Waals surface area (Å²) >= 11 is 0. The van der Waals surface area contributed by atoms with E-state index in [9.17, 15) is 8.42 Å². The quantitative estimate of drug-likeness (QED) is 0.561. The van der Waals surface area contributed by atoms with Gasteiger partial charge in [-0.25, -0.2) is 0 Å². The van der Waals surface area contributed by atoms with E-state index >= 15 is 0 Å². The maximum Gasteiger partial charge on any atom is 0.264 e. The maximum absolute atomic E-state index is 10.9.